The van der Waals surface area contributed by atoms with Crippen molar-refractivity contribution in [1.29, 1.82) is 0 Å². The first kappa shape index (κ1) is 27.7. The van der Waals surface area contributed by atoms with Crippen molar-refractivity contribution in [3.05, 3.63) is 29.6 Å². The van der Waals surface area contributed by atoms with E-state index < -0.39 is 17.9 Å². The molecule has 0 atom stereocenters. The Morgan fingerprint density at radius 2 is 1.44 bits per heavy atom. The summed E-state index contributed by atoms with van der Waals surface area (Å²) in [6.07, 6.45) is 10.4. The number of hydrogen-bond acceptors (Lipinski definition) is 3. The van der Waals surface area contributed by atoms with E-state index in [9.17, 15) is 17.6 Å². The minimum atomic E-state index is -4.88. The van der Waals surface area contributed by atoms with E-state index in [2.05, 4.69) is 11.7 Å². The highest BCUT2D eigenvalue weighted by Crippen LogP contribution is 2.41. The maximum Gasteiger partial charge on any atom is 0.573 e. The number of alkyl halides is 3. The lowest BCUT2D eigenvalue weighted by molar-refractivity contribution is -0.275. The van der Waals surface area contributed by atoms with Gasteiger partial charge in [-0.3, -0.25) is 0 Å². The second-order valence-corrected chi connectivity index (χ2v) is 11.4. The van der Waals surface area contributed by atoms with E-state index in [1.807, 2.05) is 0 Å². The molecule has 0 amide bonds. The van der Waals surface area contributed by atoms with Gasteiger partial charge in [0, 0.05) is 11.8 Å². The zero-order valence-electron chi connectivity index (χ0n) is 21.5. The molecule has 1 saturated heterocycles. The van der Waals surface area contributed by atoms with Crippen LogP contribution < -0.4 is 4.74 Å². The van der Waals surface area contributed by atoms with Gasteiger partial charge < -0.3 is 14.2 Å². The molecular formula is C29H42F4O3. The Balaban J connectivity index is 1.12. The Bertz CT molecular complexity index is 790. The summed E-state index contributed by atoms with van der Waals surface area (Å²) in [6.45, 7) is 3.93. The molecule has 36 heavy (non-hydrogen) atoms. The topological polar surface area (TPSA) is 27.7 Å². The monoisotopic (exact) mass is 514 g/mol. The summed E-state index contributed by atoms with van der Waals surface area (Å²) in [5.74, 6) is 1.10. The molecule has 4 rings (SSSR count). The van der Waals surface area contributed by atoms with E-state index in [0.29, 0.717) is 17.8 Å². The van der Waals surface area contributed by atoms with Crippen LogP contribution in [0.25, 0.3) is 0 Å². The van der Waals surface area contributed by atoms with Crippen LogP contribution in [0.1, 0.15) is 102 Å². The summed E-state index contributed by atoms with van der Waals surface area (Å²) in [5.41, 5.74) is 0.780. The van der Waals surface area contributed by atoms with Gasteiger partial charge in [0.1, 0.15) is 0 Å². The first-order valence-electron chi connectivity index (χ1n) is 14.1. The average Bonchev–Trinajstić information content (AvgIpc) is 2.88. The van der Waals surface area contributed by atoms with Crippen LogP contribution in [-0.2, 0) is 9.47 Å². The fourth-order valence-corrected chi connectivity index (χ4v) is 6.47. The lowest BCUT2D eigenvalue weighted by Crippen LogP contribution is -2.38. The summed E-state index contributed by atoms with van der Waals surface area (Å²) in [7, 11) is 0. The zero-order valence-corrected chi connectivity index (χ0v) is 21.5. The molecule has 0 spiro atoms. The molecule has 1 aromatic carbocycles. The average molecular weight is 515 g/mol. The predicted molar refractivity (Wildman–Crippen MR) is 131 cm³/mol. The van der Waals surface area contributed by atoms with Gasteiger partial charge in [-0.2, -0.15) is 0 Å². The van der Waals surface area contributed by atoms with Gasteiger partial charge in [0.25, 0.3) is 0 Å². The van der Waals surface area contributed by atoms with Gasteiger partial charge >= 0.3 is 6.36 Å². The van der Waals surface area contributed by atoms with Crippen LogP contribution in [0, 0.1) is 29.5 Å². The molecule has 0 aromatic heterocycles. The molecular weight excluding hydrogens is 472 g/mol. The normalized spacial score (nSPS) is 31.8. The van der Waals surface area contributed by atoms with Crippen molar-refractivity contribution in [2.24, 2.45) is 23.7 Å². The zero-order chi connectivity index (χ0) is 25.5. The van der Waals surface area contributed by atoms with Gasteiger partial charge in [0.2, 0.25) is 0 Å². The van der Waals surface area contributed by atoms with Crippen molar-refractivity contribution in [3.8, 4) is 5.75 Å². The van der Waals surface area contributed by atoms with Gasteiger partial charge in [-0.1, -0.05) is 38.7 Å². The third kappa shape index (κ3) is 8.08. The fraction of sp³-hybridized carbons (Fsp3) is 0.793. The maximum absolute atomic E-state index is 14.1. The van der Waals surface area contributed by atoms with E-state index in [4.69, 9.17) is 9.47 Å². The molecule has 0 radical (unpaired) electrons. The minimum Gasteiger partial charge on any atom is -0.403 e. The molecule has 0 N–H and O–H groups in total. The summed E-state index contributed by atoms with van der Waals surface area (Å²) < 4.78 is 67.2. The maximum atomic E-state index is 14.1. The standard InChI is InChI=1S/C29H42F4O3/c1-2-3-4-22-18-34-28(35-19-22)24-13-9-21(10-14-24)6-5-20-7-11-23(12-8-20)25-15-16-27(26(30)17-25)36-29(31,32)33/h15-17,20-24,28H,2-14,18-19H2,1H3. The highest BCUT2D eigenvalue weighted by molar-refractivity contribution is 5.31. The first-order chi connectivity index (χ1) is 17.3. The van der Waals surface area contributed by atoms with E-state index in [1.54, 1.807) is 6.07 Å². The van der Waals surface area contributed by atoms with Crippen LogP contribution >= 0.6 is 0 Å². The Labute approximate surface area is 213 Å². The molecule has 7 heteroatoms. The Morgan fingerprint density at radius 1 is 0.833 bits per heavy atom. The number of unbranched alkanes of at least 4 members (excludes halogenated alkanes) is 1. The van der Waals surface area contributed by atoms with E-state index >= 15 is 0 Å². The third-order valence-electron chi connectivity index (χ3n) is 8.72. The van der Waals surface area contributed by atoms with Crippen LogP contribution in [0.15, 0.2) is 18.2 Å². The number of hydrogen-bond donors (Lipinski definition) is 0. The second-order valence-electron chi connectivity index (χ2n) is 11.4. The quantitative estimate of drug-likeness (QED) is 0.308. The second kappa shape index (κ2) is 12.9. The van der Waals surface area contributed by atoms with Crippen LogP contribution in [0.4, 0.5) is 17.6 Å². The van der Waals surface area contributed by atoms with Crippen molar-refractivity contribution >= 4 is 0 Å². The van der Waals surface area contributed by atoms with Gasteiger partial charge in [0.15, 0.2) is 17.9 Å². The molecule has 1 aromatic rings. The molecule has 1 heterocycles. The van der Waals surface area contributed by atoms with Crippen molar-refractivity contribution in [3.63, 3.8) is 0 Å². The SMILES string of the molecule is CCCCC1COC(C2CCC(CCC3CCC(c4ccc(OC(F)(F)F)c(F)c4)CC3)CC2)OC1. The lowest BCUT2D eigenvalue weighted by Gasteiger charge is -2.38. The smallest absolute Gasteiger partial charge is 0.403 e. The number of halogens is 4. The molecule has 3 aliphatic rings. The molecule has 0 unspecified atom stereocenters. The van der Waals surface area contributed by atoms with Gasteiger partial charge in [-0.15, -0.1) is 13.2 Å². The summed E-state index contributed by atoms with van der Waals surface area (Å²) in [5, 5.41) is 0. The van der Waals surface area contributed by atoms with Gasteiger partial charge in [-0.05, 0) is 93.2 Å². The van der Waals surface area contributed by atoms with Gasteiger partial charge in [-0.25, -0.2) is 4.39 Å². The lowest BCUT2D eigenvalue weighted by atomic mass is 9.74. The highest BCUT2D eigenvalue weighted by atomic mass is 19.4. The molecule has 0 bridgehead atoms. The predicted octanol–water partition coefficient (Wildman–Crippen LogP) is 8.76. The minimum absolute atomic E-state index is 0.00182. The Kier molecular flexibility index (Phi) is 9.96. The van der Waals surface area contributed by atoms with Crippen LogP contribution in [0.3, 0.4) is 0 Å². The molecule has 204 valence electrons. The van der Waals surface area contributed by atoms with E-state index in [-0.39, 0.29) is 12.2 Å². The summed E-state index contributed by atoms with van der Waals surface area (Å²) >= 11 is 0. The van der Waals surface area contributed by atoms with E-state index in [1.165, 1.54) is 63.9 Å². The molecule has 2 aliphatic carbocycles. The molecule has 3 fully saturated rings. The summed E-state index contributed by atoms with van der Waals surface area (Å²) in [4.78, 5) is 0. The van der Waals surface area contributed by atoms with Crippen LogP contribution in [0.2, 0.25) is 0 Å². The number of ether oxygens (including phenoxy) is 3. The molecule has 3 nitrogen and oxygen atoms in total. The highest BCUT2D eigenvalue weighted by Gasteiger charge is 2.34. The van der Waals surface area contributed by atoms with Crippen molar-refractivity contribution in [1.82, 2.24) is 0 Å². The van der Waals surface area contributed by atoms with Gasteiger partial charge in [0.05, 0.1) is 13.2 Å². The first-order valence-corrected chi connectivity index (χ1v) is 14.1. The Hall–Kier alpha value is -1.34. The van der Waals surface area contributed by atoms with Crippen LogP contribution in [0.5, 0.6) is 5.75 Å². The molecule has 2 saturated carbocycles. The number of benzene rings is 1. The largest absolute Gasteiger partial charge is 0.573 e. The Morgan fingerprint density at radius 3 is 2.00 bits per heavy atom. The number of rotatable bonds is 9. The summed E-state index contributed by atoms with van der Waals surface area (Å²) in [6, 6.07) is 3.91. The van der Waals surface area contributed by atoms with Crippen molar-refractivity contribution in [2.75, 3.05) is 13.2 Å². The van der Waals surface area contributed by atoms with Crippen molar-refractivity contribution < 1.29 is 31.8 Å². The third-order valence-corrected chi connectivity index (χ3v) is 8.72. The fourth-order valence-electron chi connectivity index (χ4n) is 6.47. The van der Waals surface area contributed by atoms with Crippen LogP contribution in [-0.4, -0.2) is 25.9 Å². The molecule has 1 aliphatic heterocycles. The van der Waals surface area contributed by atoms with Crippen molar-refractivity contribution in [2.45, 2.75) is 109 Å². The van der Waals surface area contributed by atoms with E-state index in [0.717, 1.165) is 56.4 Å².